The Kier molecular flexibility index (Phi) is 6.82. The Morgan fingerprint density at radius 1 is 1.12 bits per heavy atom. The predicted octanol–water partition coefficient (Wildman–Crippen LogP) is 4.53. The van der Waals surface area contributed by atoms with Crippen LogP contribution in [0.3, 0.4) is 0 Å². The van der Waals surface area contributed by atoms with Crippen LogP contribution in [0.25, 0.3) is 5.69 Å². The molecule has 0 spiro atoms. The summed E-state index contributed by atoms with van der Waals surface area (Å²) < 4.78 is 7.01. The van der Waals surface area contributed by atoms with Gasteiger partial charge in [-0.15, -0.1) is 0 Å². The van der Waals surface area contributed by atoms with Crippen LogP contribution in [-0.4, -0.2) is 33.2 Å². The monoisotopic (exact) mass is 451 g/mol. The van der Waals surface area contributed by atoms with Crippen LogP contribution in [0.1, 0.15) is 34.2 Å². The van der Waals surface area contributed by atoms with Gasteiger partial charge >= 0.3 is 11.7 Å². The number of anilines is 1. The number of nitro groups is 2. The summed E-state index contributed by atoms with van der Waals surface area (Å²) in [5.74, 6) is -0.405. The number of nitrogens with zero attached hydrogens (tertiary/aromatic N) is 4. The zero-order valence-corrected chi connectivity index (χ0v) is 18.1. The number of ether oxygens (including phenoxy) is 1. The van der Waals surface area contributed by atoms with Gasteiger partial charge in [0.1, 0.15) is 5.69 Å². The summed E-state index contributed by atoms with van der Waals surface area (Å²) in [6.07, 6.45) is 1.50. The minimum Gasteiger partial charge on any atom is -0.462 e. The van der Waals surface area contributed by atoms with Gasteiger partial charge in [-0.3, -0.25) is 25.7 Å². The summed E-state index contributed by atoms with van der Waals surface area (Å²) in [7, 11) is 0. The third kappa shape index (κ3) is 5.03. The molecule has 0 saturated carbocycles. The molecule has 1 aromatic heterocycles. The highest BCUT2D eigenvalue weighted by molar-refractivity contribution is 5.90. The Morgan fingerprint density at radius 2 is 1.88 bits per heavy atom. The number of nitrogens with one attached hydrogen (secondary N) is 1. The van der Waals surface area contributed by atoms with Crippen LogP contribution in [0.15, 0.2) is 53.6 Å². The van der Waals surface area contributed by atoms with Crippen molar-refractivity contribution >= 4 is 29.2 Å². The maximum Gasteiger partial charge on any atom is 0.338 e. The fourth-order valence-corrected chi connectivity index (χ4v) is 3.35. The summed E-state index contributed by atoms with van der Waals surface area (Å²) in [4.78, 5) is 32.8. The average Bonchev–Trinajstić information content (AvgIpc) is 3.06. The van der Waals surface area contributed by atoms with Crippen molar-refractivity contribution in [1.29, 1.82) is 0 Å². The van der Waals surface area contributed by atoms with Crippen LogP contribution in [0.5, 0.6) is 0 Å². The number of aryl methyl sites for hydroxylation is 1. The Hall–Kier alpha value is -4.54. The number of benzene rings is 2. The van der Waals surface area contributed by atoms with Crippen molar-refractivity contribution in [2.45, 2.75) is 20.8 Å². The van der Waals surface area contributed by atoms with E-state index in [9.17, 15) is 25.0 Å². The smallest absolute Gasteiger partial charge is 0.338 e. The van der Waals surface area contributed by atoms with E-state index >= 15 is 0 Å². The van der Waals surface area contributed by atoms with Gasteiger partial charge in [0.2, 0.25) is 0 Å². The molecular formula is C22H21N5O6. The SMILES string of the molecule is CCOC(=O)c1cccc(-n2c(C)cc(/C=N\Nc3ccc([N+](=O)[O-])cc3[N+](=O)[O-])c2C)c1. The maximum absolute atomic E-state index is 12.1. The lowest BCUT2D eigenvalue weighted by atomic mass is 10.2. The molecule has 1 N–H and O–H groups in total. The van der Waals surface area contributed by atoms with E-state index in [0.717, 1.165) is 34.8 Å². The van der Waals surface area contributed by atoms with E-state index in [4.69, 9.17) is 4.74 Å². The molecule has 0 saturated heterocycles. The summed E-state index contributed by atoms with van der Waals surface area (Å²) in [5.41, 5.74) is 5.43. The molecule has 0 aliphatic rings. The van der Waals surface area contributed by atoms with Gasteiger partial charge in [-0.2, -0.15) is 5.10 Å². The molecule has 170 valence electrons. The van der Waals surface area contributed by atoms with Crippen LogP contribution in [0.2, 0.25) is 0 Å². The maximum atomic E-state index is 12.1. The topological polar surface area (TPSA) is 142 Å². The van der Waals surface area contributed by atoms with Crippen molar-refractivity contribution in [3.05, 3.63) is 91.3 Å². The lowest BCUT2D eigenvalue weighted by Gasteiger charge is -2.11. The van der Waals surface area contributed by atoms with Gasteiger partial charge < -0.3 is 9.30 Å². The van der Waals surface area contributed by atoms with Crippen molar-refractivity contribution < 1.29 is 19.4 Å². The molecular weight excluding hydrogens is 430 g/mol. The van der Waals surface area contributed by atoms with Crippen molar-refractivity contribution in [3.63, 3.8) is 0 Å². The molecule has 11 heteroatoms. The van der Waals surface area contributed by atoms with Gasteiger partial charge in [-0.1, -0.05) is 6.07 Å². The zero-order valence-electron chi connectivity index (χ0n) is 18.1. The molecule has 0 aliphatic heterocycles. The lowest BCUT2D eigenvalue weighted by Crippen LogP contribution is -2.06. The second kappa shape index (κ2) is 9.73. The number of hydrazone groups is 1. The molecule has 0 bridgehead atoms. The number of carbonyl (C=O) groups is 1. The third-order valence-electron chi connectivity index (χ3n) is 4.86. The average molecular weight is 451 g/mol. The summed E-state index contributed by atoms with van der Waals surface area (Å²) in [6, 6.07) is 12.2. The quantitative estimate of drug-likeness (QED) is 0.229. The highest BCUT2D eigenvalue weighted by atomic mass is 16.6. The second-order valence-corrected chi connectivity index (χ2v) is 7.02. The summed E-state index contributed by atoms with van der Waals surface area (Å²) >= 11 is 0. The molecule has 3 rings (SSSR count). The first-order valence-electron chi connectivity index (χ1n) is 9.91. The predicted molar refractivity (Wildman–Crippen MR) is 122 cm³/mol. The van der Waals surface area contributed by atoms with Gasteiger partial charge in [-0.25, -0.2) is 4.79 Å². The van der Waals surface area contributed by atoms with E-state index in [1.807, 2.05) is 30.5 Å². The Bertz CT molecular complexity index is 1260. The summed E-state index contributed by atoms with van der Waals surface area (Å²) in [5, 5.41) is 26.2. The minimum absolute atomic E-state index is 0.0257. The van der Waals surface area contributed by atoms with E-state index in [-0.39, 0.29) is 18.0 Å². The van der Waals surface area contributed by atoms with Gasteiger partial charge in [0.05, 0.1) is 34.3 Å². The number of rotatable bonds is 8. The first-order valence-corrected chi connectivity index (χ1v) is 9.91. The fourth-order valence-electron chi connectivity index (χ4n) is 3.35. The fraction of sp³-hybridized carbons (Fsp3) is 0.182. The van der Waals surface area contributed by atoms with E-state index in [2.05, 4.69) is 10.5 Å². The van der Waals surface area contributed by atoms with Gasteiger partial charge in [0, 0.05) is 28.7 Å². The number of hydrogen-bond acceptors (Lipinski definition) is 8. The van der Waals surface area contributed by atoms with Crippen LogP contribution < -0.4 is 5.43 Å². The number of hydrogen-bond donors (Lipinski definition) is 1. The van der Waals surface area contributed by atoms with Crippen LogP contribution in [-0.2, 0) is 4.74 Å². The first kappa shape index (κ1) is 23.1. The standard InChI is InChI=1S/C22H21N5O6/c1-4-33-22(28)16-6-5-7-18(11-16)25-14(2)10-17(15(25)3)13-23-24-20-9-8-19(26(29)30)12-21(20)27(31)32/h5-13,24H,4H2,1-3H3/b23-13-. The molecule has 0 radical (unpaired) electrons. The lowest BCUT2D eigenvalue weighted by molar-refractivity contribution is -0.393. The molecule has 2 aromatic carbocycles. The minimum atomic E-state index is -0.715. The normalized spacial score (nSPS) is 10.9. The van der Waals surface area contributed by atoms with E-state index in [0.29, 0.717) is 5.56 Å². The molecule has 0 atom stereocenters. The Balaban J connectivity index is 1.87. The number of esters is 1. The number of non-ortho nitro benzene ring substituents is 1. The highest BCUT2D eigenvalue weighted by Gasteiger charge is 2.19. The van der Waals surface area contributed by atoms with E-state index in [1.165, 1.54) is 12.3 Å². The Labute approximate surface area is 188 Å². The first-order chi connectivity index (χ1) is 15.7. The van der Waals surface area contributed by atoms with E-state index in [1.54, 1.807) is 25.1 Å². The number of nitro benzene ring substituents is 2. The third-order valence-corrected chi connectivity index (χ3v) is 4.86. The van der Waals surface area contributed by atoms with Crippen LogP contribution in [0, 0.1) is 34.1 Å². The van der Waals surface area contributed by atoms with Crippen molar-refractivity contribution in [3.8, 4) is 5.69 Å². The van der Waals surface area contributed by atoms with Gasteiger partial charge in [0.15, 0.2) is 0 Å². The van der Waals surface area contributed by atoms with Crippen molar-refractivity contribution in [2.24, 2.45) is 5.10 Å². The van der Waals surface area contributed by atoms with Crippen LogP contribution in [0.4, 0.5) is 17.1 Å². The molecule has 0 unspecified atom stereocenters. The second-order valence-electron chi connectivity index (χ2n) is 7.02. The molecule has 11 nitrogen and oxygen atoms in total. The van der Waals surface area contributed by atoms with Gasteiger partial charge in [0.25, 0.3) is 5.69 Å². The highest BCUT2D eigenvalue weighted by Crippen LogP contribution is 2.29. The largest absolute Gasteiger partial charge is 0.462 e. The number of aromatic nitrogens is 1. The molecule has 0 fully saturated rings. The van der Waals surface area contributed by atoms with Crippen LogP contribution >= 0.6 is 0 Å². The molecule has 3 aromatic rings. The molecule has 1 heterocycles. The van der Waals surface area contributed by atoms with Gasteiger partial charge in [-0.05, 0) is 51.1 Å². The van der Waals surface area contributed by atoms with Crippen molar-refractivity contribution in [1.82, 2.24) is 4.57 Å². The van der Waals surface area contributed by atoms with Crippen molar-refractivity contribution in [2.75, 3.05) is 12.0 Å². The van der Waals surface area contributed by atoms with E-state index < -0.39 is 21.5 Å². The number of carbonyl (C=O) groups excluding carboxylic acids is 1. The molecule has 0 amide bonds. The molecule has 33 heavy (non-hydrogen) atoms. The Morgan fingerprint density at radius 3 is 2.55 bits per heavy atom. The molecule has 0 aliphatic carbocycles. The summed E-state index contributed by atoms with van der Waals surface area (Å²) in [6.45, 7) is 5.80. The zero-order chi connectivity index (χ0) is 24.1.